The summed E-state index contributed by atoms with van der Waals surface area (Å²) in [7, 11) is 4.03. The quantitative estimate of drug-likeness (QED) is 0.799. The zero-order chi connectivity index (χ0) is 16.5. The third-order valence-corrected chi connectivity index (χ3v) is 4.59. The lowest BCUT2D eigenvalue weighted by Crippen LogP contribution is -2.21. The van der Waals surface area contributed by atoms with Crippen molar-refractivity contribution >= 4 is 17.4 Å². The van der Waals surface area contributed by atoms with Crippen molar-refractivity contribution in [2.45, 2.75) is 31.7 Å². The maximum Gasteiger partial charge on any atom is 0.256 e. The summed E-state index contributed by atoms with van der Waals surface area (Å²) in [5.41, 5.74) is 2.21. The number of fused-ring (bicyclic) bond motifs is 1. The molecule has 0 atom stereocenters. The van der Waals surface area contributed by atoms with Crippen LogP contribution in [0.3, 0.4) is 0 Å². The predicted octanol–water partition coefficient (Wildman–Crippen LogP) is 3.21. The van der Waals surface area contributed by atoms with E-state index < -0.39 is 0 Å². The van der Waals surface area contributed by atoms with Crippen LogP contribution in [0, 0.1) is 0 Å². The van der Waals surface area contributed by atoms with Gasteiger partial charge in [0.05, 0.1) is 5.56 Å². The van der Waals surface area contributed by atoms with Crippen LogP contribution < -0.4 is 10.2 Å². The van der Waals surface area contributed by atoms with Crippen molar-refractivity contribution in [3.8, 4) is 11.1 Å². The van der Waals surface area contributed by atoms with E-state index in [9.17, 15) is 0 Å². The summed E-state index contributed by atoms with van der Waals surface area (Å²) in [6, 6.07) is 10.9. The molecule has 4 rings (SSSR count). The van der Waals surface area contributed by atoms with Crippen molar-refractivity contribution in [2.24, 2.45) is 0 Å². The van der Waals surface area contributed by atoms with Gasteiger partial charge in [-0.25, -0.2) is 0 Å². The monoisotopic (exact) mass is 322 g/mol. The summed E-state index contributed by atoms with van der Waals surface area (Å²) in [5.74, 6) is 2.51. The van der Waals surface area contributed by atoms with Crippen molar-refractivity contribution < 1.29 is 0 Å². The molecule has 2 heterocycles. The van der Waals surface area contributed by atoms with Crippen LogP contribution in [0.4, 0.5) is 11.6 Å². The van der Waals surface area contributed by atoms with Gasteiger partial charge < -0.3 is 10.2 Å². The maximum absolute atomic E-state index is 4.72. The van der Waals surface area contributed by atoms with E-state index in [-0.39, 0.29) is 0 Å². The highest BCUT2D eigenvalue weighted by Crippen LogP contribution is 2.37. The second-order valence-corrected chi connectivity index (χ2v) is 6.52. The third kappa shape index (κ3) is 2.58. The first-order valence-electron chi connectivity index (χ1n) is 8.47. The molecule has 0 bridgehead atoms. The molecule has 0 aliphatic heterocycles. The van der Waals surface area contributed by atoms with E-state index in [4.69, 9.17) is 4.98 Å². The number of hydrogen-bond donors (Lipinski definition) is 1. The van der Waals surface area contributed by atoms with E-state index in [0.29, 0.717) is 11.8 Å². The van der Waals surface area contributed by atoms with Crippen LogP contribution in [-0.2, 0) is 0 Å². The van der Waals surface area contributed by atoms with E-state index in [1.165, 1.54) is 25.7 Å². The Kier molecular flexibility index (Phi) is 3.80. The fourth-order valence-corrected chi connectivity index (χ4v) is 3.42. The van der Waals surface area contributed by atoms with E-state index in [1.54, 1.807) is 6.33 Å². The van der Waals surface area contributed by atoms with Gasteiger partial charge in [0.2, 0.25) is 0 Å². The summed E-state index contributed by atoms with van der Waals surface area (Å²) < 4.78 is 1.83. The van der Waals surface area contributed by atoms with Gasteiger partial charge in [0.15, 0.2) is 0 Å². The number of nitrogens with one attached hydrogen (secondary N) is 1. The molecular formula is C18H22N6. The minimum absolute atomic E-state index is 0.484. The molecule has 1 aliphatic carbocycles. The van der Waals surface area contributed by atoms with Gasteiger partial charge in [0, 0.05) is 20.1 Å². The number of nitrogens with zero attached hydrogens (tertiary/aromatic N) is 5. The lowest BCUT2D eigenvalue weighted by atomic mass is 10.1. The van der Waals surface area contributed by atoms with Crippen LogP contribution in [0.1, 0.15) is 25.7 Å². The Morgan fingerprint density at radius 1 is 1.12 bits per heavy atom. The van der Waals surface area contributed by atoms with Crippen molar-refractivity contribution in [2.75, 3.05) is 24.3 Å². The van der Waals surface area contributed by atoms with Gasteiger partial charge >= 0.3 is 0 Å². The molecular weight excluding hydrogens is 300 g/mol. The zero-order valence-electron chi connectivity index (χ0n) is 14.1. The first-order chi connectivity index (χ1) is 11.7. The summed E-state index contributed by atoms with van der Waals surface area (Å²) >= 11 is 0. The summed E-state index contributed by atoms with van der Waals surface area (Å²) in [4.78, 5) is 11.1. The smallest absolute Gasteiger partial charge is 0.256 e. The van der Waals surface area contributed by atoms with Crippen LogP contribution in [0.25, 0.3) is 16.9 Å². The standard InChI is InChI=1S/C18H22N6/c1-23(2)16-15(13-8-4-3-5-9-13)17(21-14-10-6-7-11-14)24-18(22-16)19-12-20-24/h3-5,8-9,12,14,21H,6-7,10-11H2,1-2H3. The Morgan fingerprint density at radius 3 is 2.58 bits per heavy atom. The fraction of sp³-hybridized carbons (Fsp3) is 0.389. The molecule has 0 spiro atoms. The number of benzene rings is 1. The minimum atomic E-state index is 0.484. The molecule has 0 saturated heterocycles. The van der Waals surface area contributed by atoms with Gasteiger partial charge in [-0.3, -0.25) is 0 Å². The average Bonchev–Trinajstić information content (AvgIpc) is 3.26. The summed E-state index contributed by atoms with van der Waals surface area (Å²) in [5, 5.41) is 8.14. The number of anilines is 2. The second-order valence-electron chi connectivity index (χ2n) is 6.52. The second kappa shape index (κ2) is 6.11. The van der Waals surface area contributed by atoms with Crippen molar-refractivity contribution in [1.82, 2.24) is 19.6 Å². The van der Waals surface area contributed by atoms with Crippen molar-refractivity contribution in [3.05, 3.63) is 36.7 Å². The first kappa shape index (κ1) is 14.9. The van der Waals surface area contributed by atoms with Crippen LogP contribution in [0.5, 0.6) is 0 Å². The number of hydrogen-bond acceptors (Lipinski definition) is 5. The van der Waals surface area contributed by atoms with Gasteiger partial charge in [-0.05, 0) is 18.4 Å². The van der Waals surface area contributed by atoms with E-state index in [2.05, 4.69) is 39.7 Å². The zero-order valence-corrected chi connectivity index (χ0v) is 14.1. The molecule has 1 aliphatic rings. The molecule has 6 nitrogen and oxygen atoms in total. The van der Waals surface area contributed by atoms with Crippen LogP contribution in [-0.4, -0.2) is 39.7 Å². The Labute approximate surface area is 141 Å². The molecule has 2 aromatic heterocycles. The highest BCUT2D eigenvalue weighted by molar-refractivity contribution is 5.86. The normalized spacial score (nSPS) is 15.1. The first-order valence-corrected chi connectivity index (χ1v) is 8.47. The molecule has 24 heavy (non-hydrogen) atoms. The average molecular weight is 322 g/mol. The Balaban J connectivity index is 1.96. The fourth-order valence-electron chi connectivity index (χ4n) is 3.42. The maximum atomic E-state index is 4.72. The van der Waals surface area contributed by atoms with E-state index in [0.717, 1.165) is 22.8 Å². The van der Waals surface area contributed by atoms with E-state index in [1.807, 2.05) is 29.6 Å². The van der Waals surface area contributed by atoms with Crippen LogP contribution >= 0.6 is 0 Å². The van der Waals surface area contributed by atoms with Gasteiger partial charge in [-0.1, -0.05) is 43.2 Å². The highest BCUT2D eigenvalue weighted by Gasteiger charge is 2.23. The Bertz CT molecular complexity index is 833. The van der Waals surface area contributed by atoms with Crippen LogP contribution in [0.2, 0.25) is 0 Å². The van der Waals surface area contributed by atoms with Gasteiger partial charge in [0.25, 0.3) is 5.78 Å². The lowest BCUT2D eigenvalue weighted by Gasteiger charge is -2.23. The molecule has 0 radical (unpaired) electrons. The molecule has 1 aromatic carbocycles. The van der Waals surface area contributed by atoms with Gasteiger partial charge in [-0.15, -0.1) is 0 Å². The molecule has 3 aromatic rings. The number of aromatic nitrogens is 4. The molecule has 0 amide bonds. The molecule has 124 valence electrons. The minimum Gasteiger partial charge on any atom is -0.367 e. The van der Waals surface area contributed by atoms with Gasteiger partial charge in [0.1, 0.15) is 18.0 Å². The summed E-state index contributed by atoms with van der Waals surface area (Å²) in [6.07, 6.45) is 6.53. The summed E-state index contributed by atoms with van der Waals surface area (Å²) in [6.45, 7) is 0. The number of rotatable bonds is 4. The van der Waals surface area contributed by atoms with Crippen LogP contribution in [0.15, 0.2) is 36.7 Å². The van der Waals surface area contributed by atoms with Gasteiger partial charge in [-0.2, -0.15) is 19.6 Å². The third-order valence-electron chi connectivity index (χ3n) is 4.59. The predicted molar refractivity (Wildman–Crippen MR) is 96.4 cm³/mol. The topological polar surface area (TPSA) is 58.4 Å². The molecule has 1 N–H and O–H groups in total. The van der Waals surface area contributed by atoms with E-state index >= 15 is 0 Å². The Morgan fingerprint density at radius 2 is 1.88 bits per heavy atom. The largest absolute Gasteiger partial charge is 0.367 e. The SMILES string of the molecule is CN(C)c1nc2ncnn2c(NC2CCCC2)c1-c1ccccc1. The van der Waals surface area contributed by atoms with Crippen molar-refractivity contribution in [1.29, 1.82) is 0 Å². The molecule has 6 heteroatoms. The lowest BCUT2D eigenvalue weighted by molar-refractivity contribution is 0.740. The van der Waals surface area contributed by atoms with Crippen molar-refractivity contribution in [3.63, 3.8) is 0 Å². The Hall–Kier alpha value is -2.63. The highest BCUT2D eigenvalue weighted by atomic mass is 15.4. The molecule has 0 unspecified atom stereocenters. The molecule has 1 fully saturated rings. The molecule has 1 saturated carbocycles.